The number of pyridine rings is 1. The van der Waals surface area contributed by atoms with Crippen molar-refractivity contribution in [2.75, 3.05) is 0 Å². The maximum absolute atomic E-state index is 13.3. The van der Waals surface area contributed by atoms with Gasteiger partial charge in [0.2, 0.25) is 0 Å². The van der Waals surface area contributed by atoms with Crippen molar-refractivity contribution in [2.24, 2.45) is 0 Å². The average Bonchev–Trinajstić information content (AvgIpc) is 3.21. The molecule has 4 rings (SSSR count). The third kappa shape index (κ3) is 4.41. The molecule has 0 saturated heterocycles. The normalized spacial score (nSPS) is 12.2. The molecule has 0 amide bonds. The number of hydrogen-bond acceptors (Lipinski definition) is 3. The number of aryl methyl sites for hydroxylation is 2. The van der Waals surface area contributed by atoms with Crippen molar-refractivity contribution in [1.29, 1.82) is 0 Å². The molecule has 1 N–H and O–H groups in total. The number of halogens is 1. The second-order valence-corrected chi connectivity index (χ2v) is 8.19. The van der Waals surface area contributed by atoms with Crippen LogP contribution in [0.2, 0.25) is 0 Å². The van der Waals surface area contributed by atoms with Crippen molar-refractivity contribution in [3.05, 3.63) is 117 Å². The topological polar surface area (TPSA) is 60.0 Å². The molecule has 5 nitrogen and oxygen atoms in total. The molecule has 0 spiro atoms. The first-order chi connectivity index (χ1) is 15.4. The minimum absolute atomic E-state index is 0.119. The van der Waals surface area contributed by atoms with Gasteiger partial charge in [-0.05, 0) is 67.3 Å². The molecule has 2 heterocycles. The fourth-order valence-electron chi connectivity index (χ4n) is 4.02. The van der Waals surface area contributed by atoms with Gasteiger partial charge in [0.1, 0.15) is 5.82 Å². The van der Waals surface area contributed by atoms with Crippen molar-refractivity contribution < 1.29 is 9.50 Å². The molecule has 6 heteroatoms. The minimum atomic E-state index is -0.317. The van der Waals surface area contributed by atoms with Gasteiger partial charge in [0.05, 0.1) is 24.7 Å². The zero-order valence-electron chi connectivity index (χ0n) is 18.4. The molecule has 2 aromatic heterocycles. The number of benzene rings is 2. The van der Waals surface area contributed by atoms with Crippen LogP contribution in [-0.2, 0) is 13.0 Å². The maximum atomic E-state index is 13.3. The maximum Gasteiger partial charge on any atom is 0.254 e. The van der Waals surface area contributed by atoms with Crippen LogP contribution >= 0.6 is 0 Å². The lowest BCUT2D eigenvalue weighted by atomic mass is 10.0. The second-order valence-electron chi connectivity index (χ2n) is 8.19. The van der Waals surface area contributed by atoms with E-state index in [4.69, 9.17) is 0 Å². The molecule has 1 atom stereocenters. The highest BCUT2D eigenvalue weighted by Crippen LogP contribution is 2.21. The smallest absolute Gasteiger partial charge is 0.254 e. The van der Waals surface area contributed by atoms with Gasteiger partial charge in [-0.1, -0.05) is 24.3 Å². The SMILES string of the molecule is Cc1cn(-c2ccc(Cc3cc(CO)cn([C@@H](C)c4ccc(F)cc4)c3=O)cc2C)cn1. The van der Waals surface area contributed by atoms with Crippen molar-refractivity contribution in [3.8, 4) is 5.69 Å². The van der Waals surface area contributed by atoms with E-state index in [1.54, 1.807) is 35.3 Å². The quantitative estimate of drug-likeness (QED) is 0.490. The summed E-state index contributed by atoms with van der Waals surface area (Å²) in [6.07, 6.45) is 5.89. The summed E-state index contributed by atoms with van der Waals surface area (Å²) in [7, 11) is 0. The van der Waals surface area contributed by atoms with Gasteiger partial charge in [-0.2, -0.15) is 0 Å². The molecule has 0 radical (unpaired) electrons. The number of imidazole rings is 1. The Morgan fingerprint density at radius 3 is 2.41 bits per heavy atom. The van der Waals surface area contributed by atoms with Crippen molar-refractivity contribution in [2.45, 2.75) is 39.8 Å². The van der Waals surface area contributed by atoms with Crippen LogP contribution < -0.4 is 5.56 Å². The van der Waals surface area contributed by atoms with Gasteiger partial charge in [0, 0.05) is 30.1 Å². The molecule has 0 bridgehead atoms. The molecule has 0 unspecified atom stereocenters. The zero-order valence-corrected chi connectivity index (χ0v) is 18.4. The highest BCUT2D eigenvalue weighted by atomic mass is 19.1. The van der Waals surface area contributed by atoms with E-state index in [0.29, 0.717) is 17.5 Å². The van der Waals surface area contributed by atoms with Gasteiger partial charge in [-0.15, -0.1) is 0 Å². The monoisotopic (exact) mass is 431 g/mol. The summed E-state index contributed by atoms with van der Waals surface area (Å²) in [6, 6.07) is 13.7. The summed E-state index contributed by atoms with van der Waals surface area (Å²) in [6.45, 7) is 5.71. The largest absolute Gasteiger partial charge is 0.392 e. The number of nitrogens with zero attached hydrogens (tertiary/aromatic N) is 3. The molecule has 0 saturated carbocycles. The highest BCUT2D eigenvalue weighted by Gasteiger charge is 2.15. The third-order valence-corrected chi connectivity index (χ3v) is 5.77. The number of aliphatic hydroxyl groups is 1. The summed E-state index contributed by atoms with van der Waals surface area (Å²) >= 11 is 0. The molecule has 4 aromatic rings. The van der Waals surface area contributed by atoms with E-state index in [9.17, 15) is 14.3 Å². The van der Waals surface area contributed by atoms with E-state index in [0.717, 1.165) is 28.1 Å². The first kappa shape index (κ1) is 21.7. The first-order valence-electron chi connectivity index (χ1n) is 10.6. The van der Waals surface area contributed by atoms with E-state index in [1.165, 1.54) is 12.1 Å². The van der Waals surface area contributed by atoms with Crippen LogP contribution in [0.1, 0.15) is 46.5 Å². The summed E-state index contributed by atoms with van der Waals surface area (Å²) in [5.41, 5.74) is 6.06. The Bertz CT molecular complexity index is 1310. The van der Waals surface area contributed by atoms with Crippen LogP contribution in [0.5, 0.6) is 0 Å². The summed E-state index contributed by atoms with van der Waals surface area (Å²) in [5, 5.41) is 9.77. The molecular formula is C26H26FN3O2. The Morgan fingerprint density at radius 1 is 1.03 bits per heavy atom. The van der Waals surface area contributed by atoms with Gasteiger partial charge >= 0.3 is 0 Å². The lowest BCUT2D eigenvalue weighted by molar-refractivity contribution is 0.280. The van der Waals surface area contributed by atoms with E-state index >= 15 is 0 Å². The molecular weight excluding hydrogens is 405 g/mol. The molecule has 0 fully saturated rings. The summed E-state index contributed by atoms with van der Waals surface area (Å²) in [4.78, 5) is 17.6. The Balaban J connectivity index is 1.68. The van der Waals surface area contributed by atoms with Crippen LogP contribution in [0, 0.1) is 19.7 Å². The van der Waals surface area contributed by atoms with Crippen LogP contribution in [0.15, 0.2) is 72.0 Å². The first-order valence-corrected chi connectivity index (χ1v) is 10.6. The summed E-state index contributed by atoms with van der Waals surface area (Å²) in [5.74, 6) is -0.317. The van der Waals surface area contributed by atoms with Gasteiger partial charge in [0.15, 0.2) is 0 Å². The average molecular weight is 432 g/mol. The van der Waals surface area contributed by atoms with E-state index in [-0.39, 0.29) is 24.0 Å². The van der Waals surface area contributed by atoms with Crippen LogP contribution in [0.3, 0.4) is 0 Å². The number of hydrogen-bond donors (Lipinski definition) is 1. The molecule has 0 aliphatic rings. The number of aromatic nitrogens is 3. The van der Waals surface area contributed by atoms with E-state index in [2.05, 4.69) is 11.1 Å². The van der Waals surface area contributed by atoms with Gasteiger partial charge in [-0.25, -0.2) is 9.37 Å². The van der Waals surface area contributed by atoms with E-state index in [1.807, 2.05) is 43.7 Å². The minimum Gasteiger partial charge on any atom is -0.392 e. The fraction of sp³-hybridized carbons (Fsp3) is 0.231. The van der Waals surface area contributed by atoms with Crippen molar-refractivity contribution in [3.63, 3.8) is 0 Å². The van der Waals surface area contributed by atoms with Crippen molar-refractivity contribution >= 4 is 0 Å². The molecule has 32 heavy (non-hydrogen) atoms. The van der Waals surface area contributed by atoms with Gasteiger partial charge in [0.25, 0.3) is 5.56 Å². The standard InChI is InChI=1S/C26H26FN3O2/c1-17-10-20(4-9-25(17)29-13-18(2)28-16-29)11-23-12-21(15-31)14-30(26(23)32)19(3)22-5-7-24(27)8-6-22/h4-10,12-14,16,19,31H,11,15H2,1-3H3/t19-/m0/s1. The highest BCUT2D eigenvalue weighted by molar-refractivity contribution is 5.44. The summed E-state index contributed by atoms with van der Waals surface area (Å²) < 4.78 is 16.9. The lowest BCUT2D eigenvalue weighted by Gasteiger charge is -2.18. The number of rotatable bonds is 6. The van der Waals surface area contributed by atoms with Gasteiger partial charge < -0.3 is 14.2 Å². The Kier molecular flexibility index (Phi) is 6.06. The zero-order chi connectivity index (χ0) is 22.8. The second kappa shape index (κ2) is 8.93. The fourth-order valence-corrected chi connectivity index (χ4v) is 4.02. The van der Waals surface area contributed by atoms with E-state index < -0.39 is 0 Å². The van der Waals surface area contributed by atoms with Crippen LogP contribution in [0.4, 0.5) is 4.39 Å². The van der Waals surface area contributed by atoms with Crippen LogP contribution in [-0.4, -0.2) is 19.2 Å². The molecule has 2 aromatic carbocycles. The van der Waals surface area contributed by atoms with Gasteiger partial charge in [-0.3, -0.25) is 4.79 Å². The lowest BCUT2D eigenvalue weighted by Crippen LogP contribution is -2.27. The third-order valence-electron chi connectivity index (χ3n) is 5.77. The molecule has 0 aliphatic heterocycles. The molecule has 164 valence electrons. The predicted molar refractivity (Wildman–Crippen MR) is 123 cm³/mol. The Morgan fingerprint density at radius 2 is 1.78 bits per heavy atom. The van der Waals surface area contributed by atoms with Crippen molar-refractivity contribution in [1.82, 2.24) is 14.1 Å². The predicted octanol–water partition coefficient (Wildman–Crippen LogP) is 4.48. The van der Waals surface area contributed by atoms with Crippen LogP contribution in [0.25, 0.3) is 5.69 Å². The Hall–Kier alpha value is -3.51. The Labute approximate surface area is 186 Å². The molecule has 0 aliphatic carbocycles. The number of aliphatic hydroxyl groups excluding tert-OH is 1.